The standard InChI is InChI=1S/C34H24N2O2/c1-2-7-34-35-28-9-4-5-10-29(28)36(34)23-15-12-21(13-16-23)22-14-17-31-25(18-22)27-20-32-26(19-33(27)38-31)24-8-3-6-11-30(24)37-32/h3-6,8-20H,2,7H2,1H3. The summed E-state index contributed by atoms with van der Waals surface area (Å²) in [4.78, 5) is 4.90. The molecule has 8 aromatic rings. The fourth-order valence-electron chi connectivity index (χ4n) is 5.73. The Morgan fingerprint density at radius 2 is 1.26 bits per heavy atom. The zero-order valence-electron chi connectivity index (χ0n) is 20.9. The van der Waals surface area contributed by atoms with E-state index in [2.05, 4.69) is 90.4 Å². The first kappa shape index (κ1) is 21.3. The van der Waals surface area contributed by atoms with Gasteiger partial charge in [-0.3, -0.25) is 4.57 Å². The zero-order valence-corrected chi connectivity index (χ0v) is 20.9. The number of para-hydroxylation sites is 3. The maximum Gasteiger partial charge on any atom is 0.136 e. The Morgan fingerprint density at radius 3 is 2.08 bits per heavy atom. The number of aromatic nitrogens is 2. The first-order chi connectivity index (χ1) is 18.8. The number of imidazole rings is 1. The van der Waals surface area contributed by atoms with E-state index in [-0.39, 0.29) is 0 Å². The lowest BCUT2D eigenvalue weighted by Crippen LogP contribution is -2.01. The van der Waals surface area contributed by atoms with Crippen LogP contribution in [0.4, 0.5) is 0 Å². The van der Waals surface area contributed by atoms with Gasteiger partial charge in [0.05, 0.1) is 11.0 Å². The van der Waals surface area contributed by atoms with Gasteiger partial charge in [-0.1, -0.05) is 55.5 Å². The van der Waals surface area contributed by atoms with Crippen molar-refractivity contribution in [1.82, 2.24) is 9.55 Å². The molecule has 0 N–H and O–H groups in total. The Kier molecular flexibility index (Phi) is 4.53. The molecule has 0 aliphatic heterocycles. The molecule has 0 aliphatic carbocycles. The van der Waals surface area contributed by atoms with E-state index in [0.29, 0.717) is 0 Å². The topological polar surface area (TPSA) is 44.1 Å². The second-order valence-electron chi connectivity index (χ2n) is 9.90. The van der Waals surface area contributed by atoms with Gasteiger partial charge in [-0.25, -0.2) is 4.98 Å². The van der Waals surface area contributed by atoms with Crippen LogP contribution in [0.2, 0.25) is 0 Å². The Morgan fingerprint density at radius 1 is 0.605 bits per heavy atom. The minimum absolute atomic E-state index is 0.877. The van der Waals surface area contributed by atoms with E-state index in [1.54, 1.807) is 0 Å². The van der Waals surface area contributed by atoms with Crippen molar-refractivity contribution in [3.05, 3.63) is 109 Å². The molecule has 8 rings (SSSR count). The second kappa shape index (κ2) is 8.09. The van der Waals surface area contributed by atoms with Gasteiger partial charge < -0.3 is 8.83 Å². The van der Waals surface area contributed by atoms with Gasteiger partial charge in [0.2, 0.25) is 0 Å². The summed E-state index contributed by atoms with van der Waals surface area (Å²) in [5, 5.41) is 4.35. The number of nitrogens with zero attached hydrogens (tertiary/aromatic N) is 2. The second-order valence-corrected chi connectivity index (χ2v) is 9.90. The van der Waals surface area contributed by atoms with Crippen molar-refractivity contribution in [3.8, 4) is 16.8 Å². The number of hydrogen-bond acceptors (Lipinski definition) is 3. The lowest BCUT2D eigenvalue weighted by Gasteiger charge is -2.10. The minimum atomic E-state index is 0.877. The van der Waals surface area contributed by atoms with E-state index in [0.717, 1.165) is 90.4 Å². The Bertz CT molecular complexity index is 2140. The molecule has 0 radical (unpaired) electrons. The monoisotopic (exact) mass is 492 g/mol. The molecule has 0 fully saturated rings. The number of furan rings is 2. The molecule has 4 nitrogen and oxygen atoms in total. The van der Waals surface area contributed by atoms with Crippen LogP contribution in [0.15, 0.2) is 112 Å². The van der Waals surface area contributed by atoms with Crippen molar-refractivity contribution in [2.75, 3.05) is 0 Å². The molecule has 38 heavy (non-hydrogen) atoms. The van der Waals surface area contributed by atoms with Crippen LogP contribution in [-0.2, 0) is 6.42 Å². The SMILES string of the molecule is CCCc1nc2ccccc2n1-c1ccc(-c2ccc3oc4cc5c(cc4c3c2)oc2ccccc25)cc1. The molecule has 0 bridgehead atoms. The fraction of sp³-hybridized carbons (Fsp3) is 0.0882. The molecule has 0 amide bonds. The predicted octanol–water partition coefficient (Wildman–Crippen LogP) is 9.44. The molecule has 0 unspecified atom stereocenters. The molecular formula is C34H24N2O2. The third-order valence-electron chi connectivity index (χ3n) is 7.53. The van der Waals surface area contributed by atoms with Crippen LogP contribution in [0.1, 0.15) is 19.2 Å². The summed E-state index contributed by atoms with van der Waals surface area (Å²) in [5.41, 5.74) is 9.17. The first-order valence-corrected chi connectivity index (χ1v) is 13.1. The van der Waals surface area contributed by atoms with Crippen molar-refractivity contribution in [3.63, 3.8) is 0 Å². The molecule has 0 saturated carbocycles. The van der Waals surface area contributed by atoms with Crippen molar-refractivity contribution in [1.29, 1.82) is 0 Å². The zero-order chi connectivity index (χ0) is 25.2. The molecule has 0 spiro atoms. The largest absolute Gasteiger partial charge is 0.456 e. The molecule has 182 valence electrons. The first-order valence-electron chi connectivity index (χ1n) is 13.1. The smallest absolute Gasteiger partial charge is 0.136 e. The van der Waals surface area contributed by atoms with E-state index in [9.17, 15) is 0 Å². The summed E-state index contributed by atoms with van der Waals surface area (Å²) in [6.45, 7) is 2.20. The van der Waals surface area contributed by atoms with Gasteiger partial charge in [0.25, 0.3) is 0 Å². The van der Waals surface area contributed by atoms with Crippen LogP contribution < -0.4 is 0 Å². The summed E-state index contributed by atoms with van der Waals surface area (Å²) in [6, 6.07) is 35.9. The van der Waals surface area contributed by atoms with Crippen molar-refractivity contribution >= 4 is 54.9 Å². The van der Waals surface area contributed by atoms with Gasteiger partial charge in [0.15, 0.2) is 0 Å². The predicted molar refractivity (Wildman–Crippen MR) is 155 cm³/mol. The van der Waals surface area contributed by atoms with Gasteiger partial charge >= 0.3 is 0 Å². The van der Waals surface area contributed by atoms with Crippen LogP contribution in [0.3, 0.4) is 0 Å². The quantitative estimate of drug-likeness (QED) is 0.246. The lowest BCUT2D eigenvalue weighted by molar-refractivity contribution is 0.664. The van der Waals surface area contributed by atoms with Gasteiger partial charge in [0.1, 0.15) is 28.2 Å². The molecule has 3 heterocycles. The number of fused-ring (bicyclic) bond motifs is 7. The number of aryl methyl sites for hydroxylation is 1. The molecule has 3 aromatic heterocycles. The van der Waals surface area contributed by atoms with Gasteiger partial charge in [-0.15, -0.1) is 0 Å². The maximum absolute atomic E-state index is 6.26. The van der Waals surface area contributed by atoms with Crippen LogP contribution in [-0.4, -0.2) is 9.55 Å². The maximum atomic E-state index is 6.26. The summed E-state index contributed by atoms with van der Waals surface area (Å²) >= 11 is 0. The summed E-state index contributed by atoms with van der Waals surface area (Å²) in [5.74, 6) is 1.10. The van der Waals surface area contributed by atoms with E-state index in [4.69, 9.17) is 13.8 Å². The van der Waals surface area contributed by atoms with E-state index < -0.39 is 0 Å². The highest BCUT2D eigenvalue weighted by atomic mass is 16.3. The highest BCUT2D eigenvalue weighted by Crippen LogP contribution is 2.38. The van der Waals surface area contributed by atoms with Crippen molar-refractivity contribution in [2.45, 2.75) is 19.8 Å². The van der Waals surface area contributed by atoms with E-state index in [1.807, 2.05) is 24.3 Å². The van der Waals surface area contributed by atoms with Crippen molar-refractivity contribution in [2.24, 2.45) is 0 Å². The van der Waals surface area contributed by atoms with Crippen LogP contribution in [0, 0.1) is 0 Å². The molecular weight excluding hydrogens is 468 g/mol. The average molecular weight is 493 g/mol. The third-order valence-corrected chi connectivity index (χ3v) is 7.53. The third kappa shape index (κ3) is 3.13. The summed E-state index contributed by atoms with van der Waals surface area (Å²) < 4.78 is 14.7. The molecule has 4 heteroatoms. The van der Waals surface area contributed by atoms with Crippen LogP contribution in [0.5, 0.6) is 0 Å². The van der Waals surface area contributed by atoms with E-state index >= 15 is 0 Å². The molecule has 5 aromatic carbocycles. The minimum Gasteiger partial charge on any atom is -0.456 e. The molecule has 0 saturated heterocycles. The van der Waals surface area contributed by atoms with Crippen molar-refractivity contribution < 1.29 is 8.83 Å². The Balaban J connectivity index is 1.23. The summed E-state index contributed by atoms with van der Waals surface area (Å²) in [7, 11) is 0. The molecule has 0 atom stereocenters. The number of hydrogen-bond donors (Lipinski definition) is 0. The number of benzene rings is 5. The number of rotatable bonds is 4. The van der Waals surface area contributed by atoms with E-state index in [1.165, 1.54) is 0 Å². The normalized spacial score (nSPS) is 12.0. The highest BCUT2D eigenvalue weighted by Gasteiger charge is 2.15. The van der Waals surface area contributed by atoms with Crippen LogP contribution in [0.25, 0.3) is 71.7 Å². The average Bonchev–Trinajstić information content (AvgIpc) is 3.62. The summed E-state index contributed by atoms with van der Waals surface area (Å²) in [6.07, 6.45) is 2.00. The fourth-order valence-corrected chi connectivity index (χ4v) is 5.73. The Labute approximate surface area is 218 Å². The molecule has 0 aliphatic rings. The van der Waals surface area contributed by atoms with Gasteiger partial charge in [-0.2, -0.15) is 0 Å². The van der Waals surface area contributed by atoms with Gasteiger partial charge in [-0.05, 0) is 72.1 Å². The highest BCUT2D eigenvalue weighted by molar-refractivity contribution is 6.15. The van der Waals surface area contributed by atoms with Gasteiger partial charge in [0, 0.05) is 33.7 Å². The Hall–Kier alpha value is -4.83. The van der Waals surface area contributed by atoms with Crippen LogP contribution >= 0.6 is 0 Å². The lowest BCUT2D eigenvalue weighted by atomic mass is 10.0.